The zero-order valence-corrected chi connectivity index (χ0v) is 12.4. The van der Waals surface area contributed by atoms with E-state index in [0.29, 0.717) is 13.0 Å². The van der Waals surface area contributed by atoms with Crippen molar-refractivity contribution >= 4 is 5.97 Å². The van der Waals surface area contributed by atoms with E-state index >= 15 is 0 Å². The summed E-state index contributed by atoms with van der Waals surface area (Å²) >= 11 is 0. The number of nitrogens with zero attached hydrogens (tertiary/aromatic N) is 3. The summed E-state index contributed by atoms with van der Waals surface area (Å²) in [6, 6.07) is 9.46. The lowest BCUT2D eigenvalue weighted by Gasteiger charge is -2.23. The molecule has 0 heterocycles. The van der Waals surface area contributed by atoms with Crippen molar-refractivity contribution in [3.63, 3.8) is 0 Å². The number of hydrogen-bond acceptors (Lipinski definition) is 5. The minimum atomic E-state index is -0.464. The summed E-state index contributed by atoms with van der Waals surface area (Å²) in [5.74, 6) is -0.464. The molecule has 7 nitrogen and oxygen atoms in total. The Morgan fingerprint density at radius 1 is 1.32 bits per heavy atom. The molecule has 0 spiro atoms. The number of benzene rings is 1. The van der Waals surface area contributed by atoms with Crippen molar-refractivity contribution in [2.45, 2.75) is 37.7 Å². The Labute approximate surface area is 128 Å². The van der Waals surface area contributed by atoms with Gasteiger partial charge >= 0.3 is 5.97 Å². The summed E-state index contributed by atoms with van der Waals surface area (Å²) in [6.07, 6.45) is 0.761. The first-order chi connectivity index (χ1) is 10.7. The lowest BCUT2D eigenvalue weighted by atomic mass is 10.2. The molecule has 1 saturated carbocycles. The van der Waals surface area contributed by atoms with Crippen molar-refractivity contribution in [3.05, 3.63) is 46.3 Å². The average Bonchev–Trinajstić information content (AvgIpc) is 2.94. The minimum absolute atomic E-state index is 0.177. The lowest BCUT2D eigenvalue weighted by Crippen LogP contribution is -2.34. The predicted molar refractivity (Wildman–Crippen MR) is 78.9 cm³/mol. The molecule has 0 amide bonds. The molecule has 3 atom stereocenters. The van der Waals surface area contributed by atoms with Crippen molar-refractivity contribution < 1.29 is 19.0 Å². The first-order valence-electron chi connectivity index (χ1n) is 7.12. The monoisotopic (exact) mass is 305 g/mol. The van der Waals surface area contributed by atoms with Gasteiger partial charge < -0.3 is 14.2 Å². The zero-order chi connectivity index (χ0) is 15.8. The van der Waals surface area contributed by atoms with Gasteiger partial charge in [-0.2, -0.15) is 0 Å². The van der Waals surface area contributed by atoms with Crippen LogP contribution >= 0.6 is 0 Å². The molecule has 2 rings (SSSR count). The molecule has 118 valence electrons. The zero-order valence-electron chi connectivity index (χ0n) is 12.4. The third-order valence-electron chi connectivity index (χ3n) is 3.62. The normalized spacial score (nSPS) is 23.8. The average molecular weight is 305 g/mol. The largest absolute Gasteiger partial charge is 0.467 e. The molecule has 7 heteroatoms. The van der Waals surface area contributed by atoms with Crippen LogP contribution in [0.25, 0.3) is 10.4 Å². The second-order valence-electron chi connectivity index (χ2n) is 5.04. The van der Waals surface area contributed by atoms with Gasteiger partial charge in [-0.3, -0.25) is 0 Å². The number of ether oxygens (including phenoxy) is 3. The number of carbonyl (C=O) groups is 1. The Balaban J connectivity index is 1.95. The van der Waals surface area contributed by atoms with E-state index in [1.165, 1.54) is 7.11 Å². The van der Waals surface area contributed by atoms with Crippen LogP contribution in [0.1, 0.15) is 18.4 Å². The topological polar surface area (TPSA) is 93.5 Å². The van der Waals surface area contributed by atoms with Gasteiger partial charge in [-0.15, -0.1) is 0 Å². The fourth-order valence-corrected chi connectivity index (χ4v) is 2.50. The van der Waals surface area contributed by atoms with E-state index in [4.69, 9.17) is 15.0 Å². The highest BCUT2D eigenvalue weighted by atomic mass is 16.6. The third-order valence-corrected chi connectivity index (χ3v) is 3.62. The number of azide groups is 1. The molecule has 0 aromatic heterocycles. The van der Waals surface area contributed by atoms with Crippen LogP contribution in [0.5, 0.6) is 0 Å². The van der Waals surface area contributed by atoms with Gasteiger partial charge in [0, 0.05) is 4.91 Å². The van der Waals surface area contributed by atoms with Crippen LogP contribution in [0.2, 0.25) is 0 Å². The maximum absolute atomic E-state index is 11.2. The Morgan fingerprint density at radius 3 is 2.77 bits per heavy atom. The van der Waals surface area contributed by atoms with Gasteiger partial charge in [-0.1, -0.05) is 35.4 Å². The predicted octanol–water partition coefficient (Wildman–Crippen LogP) is 2.60. The SMILES string of the molecule is COC(=O)CO[C@H]1[C@@H](N=[N+]=[N-])CC[C@@H]1OCc1ccccc1. The van der Waals surface area contributed by atoms with Gasteiger partial charge in [-0.05, 0) is 23.9 Å². The number of rotatable bonds is 7. The van der Waals surface area contributed by atoms with E-state index in [1.807, 2.05) is 30.3 Å². The molecular formula is C15H19N3O4. The van der Waals surface area contributed by atoms with Crippen molar-refractivity contribution in [1.82, 2.24) is 0 Å². The third kappa shape index (κ3) is 4.46. The Bertz CT molecular complexity index is 531. The molecule has 22 heavy (non-hydrogen) atoms. The summed E-state index contributed by atoms with van der Waals surface area (Å²) in [4.78, 5) is 14.1. The summed E-state index contributed by atoms with van der Waals surface area (Å²) in [7, 11) is 1.30. The van der Waals surface area contributed by atoms with Crippen molar-refractivity contribution in [2.75, 3.05) is 13.7 Å². The summed E-state index contributed by atoms with van der Waals surface area (Å²) in [5.41, 5.74) is 9.69. The van der Waals surface area contributed by atoms with E-state index in [-0.39, 0.29) is 18.8 Å². The van der Waals surface area contributed by atoms with Crippen LogP contribution < -0.4 is 0 Å². The number of carbonyl (C=O) groups excluding carboxylic acids is 1. The van der Waals surface area contributed by atoms with Gasteiger partial charge in [0.15, 0.2) is 0 Å². The molecule has 0 N–H and O–H groups in total. The van der Waals surface area contributed by atoms with Gasteiger partial charge in [0.1, 0.15) is 6.61 Å². The number of hydrogen-bond donors (Lipinski definition) is 0. The highest BCUT2D eigenvalue weighted by Gasteiger charge is 2.37. The highest BCUT2D eigenvalue weighted by molar-refractivity contribution is 5.70. The standard InChI is InChI=1S/C15H19N3O4/c1-20-14(19)10-22-15-12(17-18-16)7-8-13(15)21-9-11-5-3-2-4-6-11/h2-6,12-13,15H,7-10H2,1H3/t12-,13-,15-/m0/s1. The maximum Gasteiger partial charge on any atom is 0.331 e. The van der Waals surface area contributed by atoms with Crippen molar-refractivity contribution in [2.24, 2.45) is 5.11 Å². The molecule has 0 aliphatic heterocycles. The Kier molecular flexibility index (Phi) is 6.21. The number of esters is 1. The lowest BCUT2D eigenvalue weighted by molar-refractivity contribution is -0.151. The Morgan fingerprint density at radius 2 is 2.09 bits per heavy atom. The molecular weight excluding hydrogens is 286 g/mol. The minimum Gasteiger partial charge on any atom is -0.467 e. The van der Waals surface area contributed by atoms with E-state index in [2.05, 4.69) is 14.8 Å². The molecule has 1 aliphatic rings. The summed E-state index contributed by atoms with van der Waals surface area (Å²) < 4.78 is 16.0. The molecule has 1 aliphatic carbocycles. The van der Waals surface area contributed by atoms with E-state index < -0.39 is 12.1 Å². The molecule has 0 radical (unpaired) electrons. The second-order valence-corrected chi connectivity index (χ2v) is 5.04. The van der Waals surface area contributed by atoms with E-state index in [1.54, 1.807) is 0 Å². The van der Waals surface area contributed by atoms with E-state index in [0.717, 1.165) is 12.0 Å². The molecule has 1 aromatic rings. The maximum atomic E-state index is 11.2. The smallest absolute Gasteiger partial charge is 0.331 e. The number of methoxy groups -OCH3 is 1. The molecule has 0 unspecified atom stereocenters. The first-order valence-corrected chi connectivity index (χ1v) is 7.12. The fourth-order valence-electron chi connectivity index (χ4n) is 2.50. The molecule has 1 aromatic carbocycles. The van der Waals surface area contributed by atoms with Crippen LogP contribution in [0.15, 0.2) is 35.4 Å². The molecule has 1 fully saturated rings. The van der Waals surface area contributed by atoms with Crippen LogP contribution in [-0.4, -0.2) is 37.9 Å². The fraction of sp³-hybridized carbons (Fsp3) is 0.533. The van der Waals surface area contributed by atoms with Crippen LogP contribution in [-0.2, 0) is 25.6 Å². The summed E-state index contributed by atoms with van der Waals surface area (Å²) in [5, 5.41) is 3.74. The van der Waals surface area contributed by atoms with Crippen LogP contribution in [0, 0.1) is 0 Å². The van der Waals surface area contributed by atoms with Gasteiger partial charge in [0.2, 0.25) is 0 Å². The van der Waals surface area contributed by atoms with Gasteiger partial charge in [0.25, 0.3) is 0 Å². The second kappa shape index (κ2) is 8.38. The van der Waals surface area contributed by atoms with Crippen molar-refractivity contribution in [1.29, 1.82) is 0 Å². The summed E-state index contributed by atoms with van der Waals surface area (Å²) in [6.45, 7) is 0.274. The van der Waals surface area contributed by atoms with Gasteiger partial charge in [-0.25, -0.2) is 4.79 Å². The van der Waals surface area contributed by atoms with Crippen LogP contribution in [0.3, 0.4) is 0 Å². The van der Waals surface area contributed by atoms with E-state index in [9.17, 15) is 4.79 Å². The molecule has 0 saturated heterocycles. The van der Waals surface area contributed by atoms with Crippen LogP contribution in [0.4, 0.5) is 0 Å². The highest BCUT2D eigenvalue weighted by Crippen LogP contribution is 2.29. The van der Waals surface area contributed by atoms with Gasteiger partial charge in [0.05, 0.1) is 32.0 Å². The Hall–Kier alpha value is -2.08. The molecule has 0 bridgehead atoms. The quantitative estimate of drug-likeness (QED) is 0.335. The first kappa shape index (κ1) is 16.3. The van der Waals surface area contributed by atoms with Crippen molar-refractivity contribution in [3.8, 4) is 0 Å².